The molecule has 1 aromatic rings. The van der Waals surface area contributed by atoms with Crippen LogP contribution in [0.3, 0.4) is 0 Å². The topological polar surface area (TPSA) is 109 Å². The van der Waals surface area contributed by atoms with Gasteiger partial charge in [-0.2, -0.15) is 5.26 Å². The number of hydrogen-bond acceptors (Lipinski definition) is 6. The molecule has 2 heterocycles. The first kappa shape index (κ1) is 13.4. The third-order valence-corrected chi connectivity index (χ3v) is 4.34. The van der Waals surface area contributed by atoms with Crippen molar-refractivity contribution in [2.75, 3.05) is 16.8 Å². The molecule has 2 rings (SSSR count). The Bertz CT molecular complexity index is 560. The summed E-state index contributed by atoms with van der Waals surface area (Å²) in [5.74, 6) is 1.29. The Morgan fingerprint density at radius 1 is 1.53 bits per heavy atom. The number of nitrogens with zero attached hydrogens (tertiary/aromatic N) is 3. The minimum atomic E-state index is -0.786. The van der Waals surface area contributed by atoms with E-state index in [2.05, 4.69) is 10.3 Å². The molecule has 0 radical (unpaired) electrons. The number of nitrogens with one attached hydrogen (secondary N) is 1. The Kier molecular flexibility index (Phi) is 4.06. The SMILES string of the molecule is N#Cc1ccnc(NC2CCS(=O)CC2)c1[N+](=O)[O-]. The third kappa shape index (κ3) is 3.06. The molecule has 0 aromatic carbocycles. The van der Waals surface area contributed by atoms with E-state index in [-0.39, 0.29) is 23.1 Å². The lowest BCUT2D eigenvalue weighted by atomic mass is 10.1. The van der Waals surface area contributed by atoms with E-state index in [0.29, 0.717) is 24.3 Å². The quantitative estimate of drug-likeness (QED) is 0.657. The lowest BCUT2D eigenvalue weighted by molar-refractivity contribution is -0.384. The Balaban J connectivity index is 2.23. The molecular weight excluding hydrogens is 268 g/mol. The van der Waals surface area contributed by atoms with Gasteiger partial charge in [0.2, 0.25) is 5.82 Å². The van der Waals surface area contributed by atoms with Crippen molar-refractivity contribution in [3.8, 4) is 6.07 Å². The Hall–Kier alpha value is -2.01. The summed E-state index contributed by atoms with van der Waals surface area (Å²) in [5.41, 5.74) is -0.307. The van der Waals surface area contributed by atoms with Crippen LogP contribution in [0, 0.1) is 21.4 Å². The molecule has 100 valence electrons. The molecule has 1 N–H and O–H groups in total. The zero-order chi connectivity index (χ0) is 13.8. The second kappa shape index (κ2) is 5.75. The van der Waals surface area contributed by atoms with Gasteiger partial charge < -0.3 is 5.32 Å². The molecule has 1 aliphatic rings. The number of nitriles is 1. The Morgan fingerprint density at radius 3 is 2.79 bits per heavy atom. The highest BCUT2D eigenvalue weighted by molar-refractivity contribution is 7.85. The standard InChI is InChI=1S/C11H12N4O3S/c12-7-8-1-4-13-11(10(8)15(16)17)14-9-2-5-19(18)6-3-9/h1,4,9H,2-3,5-6H2,(H,13,14). The van der Waals surface area contributed by atoms with Crippen LogP contribution < -0.4 is 5.32 Å². The molecule has 0 saturated carbocycles. The fourth-order valence-electron chi connectivity index (χ4n) is 1.97. The first-order chi connectivity index (χ1) is 9.11. The largest absolute Gasteiger partial charge is 0.362 e. The van der Waals surface area contributed by atoms with E-state index >= 15 is 0 Å². The monoisotopic (exact) mass is 280 g/mol. The summed E-state index contributed by atoms with van der Waals surface area (Å²) in [6.45, 7) is 0. The van der Waals surface area contributed by atoms with Gasteiger partial charge in [-0.15, -0.1) is 0 Å². The van der Waals surface area contributed by atoms with Gasteiger partial charge in [-0.1, -0.05) is 0 Å². The summed E-state index contributed by atoms with van der Waals surface area (Å²) >= 11 is 0. The average Bonchev–Trinajstić information content (AvgIpc) is 2.40. The molecule has 0 bridgehead atoms. The smallest absolute Gasteiger partial charge is 0.328 e. The summed E-state index contributed by atoms with van der Waals surface area (Å²) in [5, 5.41) is 22.9. The van der Waals surface area contributed by atoms with Crippen LogP contribution in [-0.4, -0.2) is 31.7 Å². The van der Waals surface area contributed by atoms with E-state index in [1.54, 1.807) is 6.07 Å². The van der Waals surface area contributed by atoms with Crippen molar-refractivity contribution in [3.05, 3.63) is 27.9 Å². The highest BCUT2D eigenvalue weighted by Crippen LogP contribution is 2.27. The van der Waals surface area contributed by atoms with Crippen molar-refractivity contribution in [1.82, 2.24) is 4.98 Å². The zero-order valence-corrected chi connectivity index (χ0v) is 10.9. The third-order valence-electron chi connectivity index (χ3n) is 2.96. The highest BCUT2D eigenvalue weighted by Gasteiger charge is 2.25. The molecule has 1 aromatic heterocycles. The van der Waals surface area contributed by atoms with Gasteiger partial charge in [0.1, 0.15) is 11.6 Å². The number of rotatable bonds is 3. The van der Waals surface area contributed by atoms with E-state index in [4.69, 9.17) is 5.26 Å². The van der Waals surface area contributed by atoms with Gasteiger partial charge in [-0.3, -0.25) is 14.3 Å². The Labute approximate surface area is 112 Å². The molecular formula is C11H12N4O3S. The predicted octanol–water partition coefficient (Wildman–Crippen LogP) is 1.18. The van der Waals surface area contributed by atoms with Crippen LogP contribution in [0.15, 0.2) is 12.3 Å². The molecule has 1 fully saturated rings. The van der Waals surface area contributed by atoms with Crippen molar-refractivity contribution in [2.45, 2.75) is 18.9 Å². The van der Waals surface area contributed by atoms with Crippen LogP contribution in [0.4, 0.5) is 11.5 Å². The number of anilines is 1. The Morgan fingerprint density at radius 2 is 2.21 bits per heavy atom. The molecule has 8 heteroatoms. The summed E-state index contributed by atoms with van der Waals surface area (Å²) in [6, 6.07) is 3.12. The maximum Gasteiger partial charge on any atom is 0.328 e. The van der Waals surface area contributed by atoms with Gasteiger partial charge in [0.15, 0.2) is 0 Å². The van der Waals surface area contributed by atoms with Gasteiger partial charge in [0, 0.05) is 34.5 Å². The van der Waals surface area contributed by atoms with Gasteiger partial charge in [-0.25, -0.2) is 4.98 Å². The van der Waals surface area contributed by atoms with Crippen molar-refractivity contribution in [1.29, 1.82) is 5.26 Å². The van der Waals surface area contributed by atoms with Crippen LogP contribution in [0.5, 0.6) is 0 Å². The first-order valence-corrected chi connectivity index (χ1v) is 7.25. The summed E-state index contributed by atoms with van der Waals surface area (Å²) < 4.78 is 11.3. The van der Waals surface area contributed by atoms with Crippen LogP contribution >= 0.6 is 0 Å². The summed E-state index contributed by atoms with van der Waals surface area (Å²) in [7, 11) is -0.786. The minimum Gasteiger partial charge on any atom is -0.362 e. The average molecular weight is 280 g/mol. The maximum atomic E-state index is 11.3. The van der Waals surface area contributed by atoms with E-state index in [1.807, 2.05) is 0 Å². The molecule has 7 nitrogen and oxygen atoms in total. The fourth-order valence-corrected chi connectivity index (χ4v) is 3.27. The van der Waals surface area contributed by atoms with Gasteiger partial charge in [0.25, 0.3) is 0 Å². The molecule has 0 atom stereocenters. The van der Waals surface area contributed by atoms with E-state index in [9.17, 15) is 14.3 Å². The molecule has 1 saturated heterocycles. The highest BCUT2D eigenvalue weighted by atomic mass is 32.2. The molecule has 1 aliphatic heterocycles. The van der Waals surface area contributed by atoms with Crippen LogP contribution in [0.2, 0.25) is 0 Å². The van der Waals surface area contributed by atoms with Crippen molar-refractivity contribution in [3.63, 3.8) is 0 Å². The van der Waals surface area contributed by atoms with Crippen LogP contribution in [-0.2, 0) is 10.8 Å². The summed E-state index contributed by atoms with van der Waals surface area (Å²) in [6.07, 6.45) is 2.74. The fraction of sp³-hybridized carbons (Fsp3) is 0.455. The van der Waals surface area contributed by atoms with Gasteiger partial charge in [-0.05, 0) is 18.9 Å². The number of hydrogen-bond donors (Lipinski definition) is 1. The van der Waals surface area contributed by atoms with E-state index in [1.165, 1.54) is 12.3 Å². The first-order valence-electron chi connectivity index (χ1n) is 5.77. The van der Waals surface area contributed by atoms with Crippen molar-refractivity contribution in [2.24, 2.45) is 0 Å². The lowest BCUT2D eigenvalue weighted by Gasteiger charge is -2.22. The second-order valence-electron chi connectivity index (χ2n) is 4.19. The summed E-state index contributed by atoms with van der Waals surface area (Å²) in [4.78, 5) is 14.4. The molecule has 0 spiro atoms. The van der Waals surface area contributed by atoms with Crippen LogP contribution in [0.25, 0.3) is 0 Å². The maximum absolute atomic E-state index is 11.3. The molecule has 0 aliphatic carbocycles. The molecule has 0 unspecified atom stereocenters. The molecule has 0 amide bonds. The zero-order valence-electron chi connectivity index (χ0n) is 10.0. The lowest BCUT2D eigenvalue weighted by Crippen LogP contribution is -2.30. The van der Waals surface area contributed by atoms with Crippen molar-refractivity contribution < 1.29 is 9.13 Å². The normalized spacial score (nSPS) is 22.5. The van der Waals surface area contributed by atoms with Gasteiger partial charge >= 0.3 is 5.69 Å². The minimum absolute atomic E-state index is 0.0119. The van der Waals surface area contributed by atoms with E-state index in [0.717, 1.165) is 0 Å². The predicted molar refractivity (Wildman–Crippen MR) is 70.1 cm³/mol. The van der Waals surface area contributed by atoms with E-state index < -0.39 is 15.7 Å². The number of aromatic nitrogens is 1. The van der Waals surface area contributed by atoms with Crippen molar-refractivity contribution >= 4 is 22.3 Å². The number of nitro groups is 1. The van der Waals surface area contributed by atoms with Gasteiger partial charge in [0.05, 0.1) is 4.92 Å². The van der Waals surface area contributed by atoms with Crippen LogP contribution in [0.1, 0.15) is 18.4 Å². The second-order valence-corrected chi connectivity index (χ2v) is 5.89. The molecule has 19 heavy (non-hydrogen) atoms. The number of pyridine rings is 1.